The van der Waals surface area contributed by atoms with E-state index in [2.05, 4.69) is 29.2 Å². The molecule has 1 aliphatic rings. The lowest BCUT2D eigenvalue weighted by atomic mass is 9.80. The normalized spacial score (nSPS) is 20.1. The van der Waals surface area contributed by atoms with Crippen LogP contribution in [0, 0.1) is 5.41 Å². The summed E-state index contributed by atoms with van der Waals surface area (Å²) in [6.07, 6.45) is 4.24. The second-order valence-electron chi connectivity index (χ2n) is 5.44. The van der Waals surface area contributed by atoms with E-state index in [1.165, 1.54) is 25.9 Å². The Morgan fingerprint density at radius 2 is 2.18 bits per heavy atom. The van der Waals surface area contributed by atoms with Gasteiger partial charge in [0.2, 0.25) is 0 Å². The Balaban J connectivity index is 1.89. The van der Waals surface area contributed by atoms with E-state index < -0.39 is 0 Å². The van der Waals surface area contributed by atoms with E-state index in [1.807, 2.05) is 12.1 Å². The van der Waals surface area contributed by atoms with Crippen LogP contribution >= 0.6 is 0 Å². The van der Waals surface area contributed by atoms with Crippen molar-refractivity contribution < 1.29 is 0 Å². The fraction of sp³-hybridized carbons (Fsp3) is 0.615. The summed E-state index contributed by atoms with van der Waals surface area (Å²) in [6.45, 7) is 5.75. The summed E-state index contributed by atoms with van der Waals surface area (Å²) in [6, 6.07) is 3.85. The van der Waals surface area contributed by atoms with Crippen LogP contribution in [0.3, 0.4) is 0 Å². The summed E-state index contributed by atoms with van der Waals surface area (Å²) in [4.78, 5) is 6.39. The molecule has 0 aromatic carbocycles. The first-order chi connectivity index (χ1) is 8.07. The molecule has 2 rings (SSSR count). The molecule has 1 aliphatic heterocycles. The van der Waals surface area contributed by atoms with Crippen molar-refractivity contribution in [2.24, 2.45) is 5.41 Å². The quantitative estimate of drug-likeness (QED) is 0.837. The van der Waals surface area contributed by atoms with Crippen LogP contribution in [0.5, 0.6) is 0 Å². The largest absolute Gasteiger partial charge is 0.384 e. The molecular weight excluding hydrogens is 212 g/mol. The van der Waals surface area contributed by atoms with Crippen LogP contribution in [0.1, 0.15) is 19.8 Å². The van der Waals surface area contributed by atoms with Gasteiger partial charge in [-0.3, -0.25) is 0 Å². The minimum absolute atomic E-state index is 0.393. The number of rotatable bonds is 3. The van der Waals surface area contributed by atoms with Gasteiger partial charge in [0.15, 0.2) is 0 Å². The van der Waals surface area contributed by atoms with Gasteiger partial charge in [0, 0.05) is 24.5 Å². The van der Waals surface area contributed by atoms with Crippen molar-refractivity contribution in [1.29, 1.82) is 0 Å². The lowest BCUT2D eigenvalue weighted by Crippen LogP contribution is -2.40. The molecule has 0 unspecified atom stereocenters. The Labute approximate surface area is 103 Å². The number of piperidine rings is 1. The van der Waals surface area contributed by atoms with Gasteiger partial charge in [0.25, 0.3) is 0 Å². The van der Waals surface area contributed by atoms with Crippen molar-refractivity contribution in [2.75, 3.05) is 37.7 Å². The molecule has 0 atom stereocenters. The van der Waals surface area contributed by atoms with Crippen molar-refractivity contribution in [3.63, 3.8) is 0 Å². The second kappa shape index (κ2) is 4.92. The van der Waals surface area contributed by atoms with Crippen LogP contribution in [0.15, 0.2) is 18.3 Å². The Hall–Kier alpha value is -1.29. The third kappa shape index (κ3) is 3.33. The molecule has 4 nitrogen and oxygen atoms in total. The zero-order valence-corrected chi connectivity index (χ0v) is 10.7. The van der Waals surface area contributed by atoms with Crippen molar-refractivity contribution in [3.8, 4) is 0 Å². The van der Waals surface area contributed by atoms with Gasteiger partial charge in [-0.1, -0.05) is 6.92 Å². The van der Waals surface area contributed by atoms with Gasteiger partial charge in [0.1, 0.15) is 5.82 Å². The maximum Gasteiger partial charge on any atom is 0.125 e. The number of aromatic nitrogens is 1. The third-order valence-corrected chi connectivity index (χ3v) is 3.69. The topological polar surface area (TPSA) is 54.2 Å². The smallest absolute Gasteiger partial charge is 0.125 e. The number of nitrogens with two attached hydrogens (primary N) is 1. The fourth-order valence-corrected chi connectivity index (χ4v) is 2.21. The maximum absolute atomic E-state index is 5.66. The first kappa shape index (κ1) is 12.2. The lowest BCUT2D eigenvalue weighted by molar-refractivity contribution is 0.150. The Kier molecular flexibility index (Phi) is 3.52. The molecule has 0 amide bonds. The van der Waals surface area contributed by atoms with Crippen LogP contribution in [0.2, 0.25) is 0 Å². The van der Waals surface area contributed by atoms with Gasteiger partial charge in [-0.15, -0.1) is 0 Å². The first-order valence-corrected chi connectivity index (χ1v) is 6.21. The number of likely N-dealkylation sites (tertiary alicyclic amines) is 1. The molecule has 0 aliphatic carbocycles. The van der Waals surface area contributed by atoms with E-state index in [9.17, 15) is 0 Å². The first-order valence-electron chi connectivity index (χ1n) is 6.21. The molecule has 0 bridgehead atoms. The molecule has 4 heteroatoms. The predicted octanol–water partition coefficient (Wildman–Crippen LogP) is 1.81. The second-order valence-corrected chi connectivity index (χ2v) is 5.44. The van der Waals surface area contributed by atoms with Crippen LogP contribution in [0.4, 0.5) is 11.5 Å². The van der Waals surface area contributed by atoms with Gasteiger partial charge in [-0.25, -0.2) is 4.98 Å². The molecule has 1 saturated heterocycles. The highest BCUT2D eigenvalue weighted by molar-refractivity contribution is 5.49. The molecule has 0 saturated carbocycles. The number of nitrogens with zero attached hydrogens (tertiary/aromatic N) is 2. The lowest BCUT2D eigenvalue weighted by Gasteiger charge is -2.38. The highest BCUT2D eigenvalue weighted by Gasteiger charge is 2.28. The molecule has 3 N–H and O–H groups in total. The third-order valence-electron chi connectivity index (χ3n) is 3.69. The molecule has 17 heavy (non-hydrogen) atoms. The SMILES string of the molecule is CN1CCC(C)(CNc2ccnc(N)c2)CC1. The zero-order valence-electron chi connectivity index (χ0n) is 10.7. The Morgan fingerprint density at radius 3 is 2.82 bits per heavy atom. The van der Waals surface area contributed by atoms with E-state index in [0.717, 1.165) is 12.2 Å². The minimum Gasteiger partial charge on any atom is -0.384 e. The number of pyridine rings is 1. The monoisotopic (exact) mass is 234 g/mol. The number of nitrogens with one attached hydrogen (secondary N) is 1. The number of hydrogen-bond acceptors (Lipinski definition) is 4. The Bertz CT molecular complexity index is 369. The molecule has 1 fully saturated rings. The predicted molar refractivity (Wildman–Crippen MR) is 72.0 cm³/mol. The summed E-state index contributed by atoms with van der Waals surface area (Å²) in [5.41, 5.74) is 7.12. The number of nitrogen functional groups attached to an aromatic ring is 1. The molecule has 94 valence electrons. The van der Waals surface area contributed by atoms with E-state index >= 15 is 0 Å². The highest BCUT2D eigenvalue weighted by atomic mass is 15.1. The summed E-state index contributed by atoms with van der Waals surface area (Å²) >= 11 is 0. The van der Waals surface area contributed by atoms with Gasteiger partial charge < -0.3 is 16.0 Å². The zero-order chi connectivity index (χ0) is 12.3. The van der Waals surface area contributed by atoms with Crippen molar-refractivity contribution in [1.82, 2.24) is 9.88 Å². The molecular formula is C13H22N4. The molecule has 2 heterocycles. The molecule has 0 radical (unpaired) electrons. The standard InChI is InChI=1S/C13H22N4/c1-13(4-7-17(2)8-5-13)10-16-11-3-6-15-12(14)9-11/h3,6,9H,4-5,7-8,10H2,1-2H3,(H3,14,15,16). The summed E-state index contributed by atoms with van der Waals surface area (Å²) in [5, 5.41) is 3.47. The van der Waals surface area contributed by atoms with E-state index in [4.69, 9.17) is 5.73 Å². The average Bonchev–Trinajstić information content (AvgIpc) is 2.31. The van der Waals surface area contributed by atoms with Crippen molar-refractivity contribution >= 4 is 11.5 Å². The number of hydrogen-bond donors (Lipinski definition) is 2. The summed E-state index contributed by atoms with van der Waals surface area (Å²) in [7, 11) is 2.19. The van der Waals surface area contributed by atoms with Crippen molar-refractivity contribution in [3.05, 3.63) is 18.3 Å². The Morgan fingerprint density at radius 1 is 1.47 bits per heavy atom. The van der Waals surface area contributed by atoms with Crippen LogP contribution in [0.25, 0.3) is 0 Å². The molecule has 1 aromatic rings. The summed E-state index contributed by atoms with van der Waals surface area (Å²) < 4.78 is 0. The maximum atomic E-state index is 5.66. The summed E-state index contributed by atoms with van der Waals surface area (Å²) in [5.74, 6) is 0.573. The minimum atomic E-state index is 0.393. The molecule has 1 aromatic heterocycles. The highest BCUT2D eigenvalue weighted by Crippen LogP contribution is 2.30. The van der Waals surface area contributed by atoms with E-state index in [-0.39, 0.29) is 0 Å². The van der Waals surface area contributed by atoms with Gasteiger partial charge in [-0.05, 0) is 44.5 Å². The van der Waals surface area contributed by atoms with Gasteiger partial charge >= 0.3 is 0 Å². The van der Waals surface area contributed by atoms with Crippen LogP contribution < -0.4 is 11.1 Å². The number of anilines is 2. The van der Waals surface area contributed by atoms with E-state index in [0.29, 0.717) is 11.2 Å². The van der Waals surface area contributed by atoms with Gasteiger partial charge in [0.05, 0.1) is 0 Å². The van der Waals surface area contributed by atoms with Crippen LogP contribution in [-0.2, 0) is 0 Å². The average molecular weight is 234 g/mol. The van der Waals surface area contributed by atoms with Crippen LogP contribution in [-0.4, -0.2) is 36.6 Å². The fourth-order valence-electron chi connectivity index (χ4n) is 2.21. The van der Waals surface area contributed by atoms with Gasteiger partial charge in [-0.2, -0.15) is 0 Å². The van der Waals surface area contributed by atoms with Crippen molar-refractivity contribution in [2.45, 2.75) is 19.8 Å². The molecule has 0 spiro atoms. The van der Waals surface area contributed by atoms with E-state index in [1.54, 1.807) is 6.20 Å².